The van der Waals surface area contributed by atoms with Crippen molar-refractivity contribution < 1.29 is 20.4 Å². The molecule has 0 amide bonds. The van der Waals surface area contributed by atoms with Crippen LogP contribution in [0.25, 0.3) is 0 Å². The zero-order valence-electron chi connectivity index (χ0n) is 7.77. The maximum Gasteiger partial charge on any atom is 0.0742 e. The molecule has 0 rings (SSSR count). The molecule has 0 fully saturated rings. The van der Waals surface area contributed by atoms with Crippen molar-refractivity contribution in [2.75, 3.05) is 13.2 Å². The number of rotatable bonds is 4. The van der Waals surface area contributed by atoms with E-state index >= 15 is 0 Å². The first kappa shape index (κ1) is 14.4. The van der Waals surface area contributed by atoms with Crippen LogP contribution in [0.4, 0.5) is 0 Å². The normalized spacial score (nSPS) is 14.5. The second kappa shape index (κ2) is 10.8. The molecule has 0 heterocycles. The van der Waals surface area contributed by atoms with E-state index in [2.05, 4.69) is 0 Å². The van der Waals surface area contributed by atoms with Crippen LogP contribution in [0.3, 0.4) is 0 Å². The summed E-state index contributed by atoms with van der Waals surface area (Å²) in [5, 5.41) is 32.8. The molecule has 2 atom stereocenters. The molecule has 0 saturated carbocycles. The van der Waals surface area contributed by atoms with Gasteiger partial charge in [-0.3, -0.25) is 0 Å². The minimum Gasteiger partial charge on any atom is -0.396 e. The van der Waals surface area contributed by atoms with Gasteiger partial charge in [-0.25, -0.2) is 0 Å². The Kier molecular flexibility index (Phi) is 13.0. The van der Waals surface area contributed by atoms with Crippen LogP contribution in [0.2, 0.25) is 0 Å². The lowest BCUT2D eigenvalue weighted by Crippen LogP contribution is -2.03. The van der Waals surface area contributed by atoms with Crippen LogP contribution in [0.5, 0.6) is 0 Å². The van der Waals surface area contributed by atoms with Gasteiger partial charge in [-0.15, -0.1) is 0 Å². The van der Waals surface area contributed by atoms with Crippen LogP contribution in [0.1, 0.15) is 26.7 Å². The SMILES string of the molecule is CC(O)CCCO.CC(O)CO. The molecule has 12 heavy (non-hydrogen) atoms. The lowest BCUT2D eigenvalue weighted by molar-refractivity contribution is 0.110. The highest BCUT2D eigenvalue weighted by Gasteiger charge is 1.91. The van der Waals surface area contributed by atoms with Crippen LogP contribution in [0.15, 0.2) is 0 Å². The predicted molar refractivity (Wildman–Crippen MR) is 46.8 cm³/mol. The molecule has 4 nitrogen and oxygen atoms in total. The summed E-state index contributed by atoms with van der Waals surface area (Å²) in [6.45, 7) is 3.29. The van der Waals surface area contributed by atoms with Gasteiger partial charge in [-0.2, -0.15) is 0 Å². The van der Waals surface area contributed by atoms with Crippen LogP contribution in [-0.2, 0) is 0 Å². The van der Waals surface area contributed by atoms with E-state index in [1.165, 1.54) is 6.92 Å². The van der Waals surface area contributed by atoms with E-state index in [0.29, 0.717) is 12.8 Å². The highest BCUT2D eigenvalue weighted by Crippen LogP contribution is 1.92. The second-order valence-corrected chi connectivity index (χ2v) is 2.75. The van der Waals surface area contributed by atoms with Crippen molar-refractivity contribution in [3.8, 4) is 0 Å². The summed E-state index contributed by atoms with van der Waals surface area (Å²) >= 11 is 0. The molecule has 4 heteroatoms. The number of aliphatic hydroxyl groups excluding tert-OH is 4. The molecule has 0 aliphatic heterocycles. The third kappa shape index (κ3) is 22.5. The smallest absolute Gasteiger partial charge is 0.0742 e. The van der Waals surface area contributed by atoms with Crippen LogP contribution in [0, 0.1) is 0 Å². The highest BCUT2D eigenvalue weighted by molar-refractivity contribution is 4.43. The molecule has 0 aromatic carbocycles. The van der Waals surface area contributed by atoms with E-state index in [0.717, 1.165) is 0 Å². The van der Waals surface area contributed by atoms with Crippen molar-refractivity contribution in [1.29, 1.82) is 0 Å². The third-order valence-corrected chi connectivity index (χ3v) is 1.04. The molecule has 0 aliphatic carbocycles. The van der Waals surface area contributed by atoms with E-state index in [-0.39, 0.29) is 19.3 Å². The van der Waals surface area contributed by atoms with Crippen molar-refractivity contribution in [2.24, 2.45) is 0 Å². The minimum atomic E-state index is -0.560. The van der Waals surface area contributed by atoms with Gasteiger partial charge in [0.1, 0.15) is 0 Å². The standard InChI is InChI=1S/C5H12O2.C3H8O2/c1-5(7)3-2-4-6;1-3(5)2-4/h5-7H,2-4H2,1H3;3-5H,2H2,1H3. The van der Waals surface area contributed by atoms with Gasteiger partial charge in [0.2, 0.25) is 0 Å². The fourth-order valence-electron chi connectivity index (χ4n) is 0.387. The van der Waals surface area contributed by atoms with E-state index < -0.39 is 6.10 Å². The summed E-state index contributed by atoms with van der Waals surface area (Å²) in [6, 6.07) is 0. The Balaban J connectivity index is 0. The summed E-state index contributed by atoms with van der Waals surface area (Å²) < 4.78 is 0. The van der Waals surface area contributed by atoms with Crippen molar-refractivity contribution in [1.82, 2.24) is 0 Å². The molecule has 0 aliphatic rings. The van der Waals surface area contributed by atoms with Crippen molar-refractivity contribution in [3.05, 3.63) is 0 Å². The quantitative estimate of drug-likeness (QED) is 0.470. The summed E-state index contributed by atoms with van der Waals surface area (Å²) in [5.74, 6) is 0. The van der Waals surface area contributed by atoms with Gasteiger partial charge in [-0.05, 0) is 26.7 Å². The zero-order valence-corrected chi connectivity index (χ0v) is 7.77. The summed E-state index contributed by atoms with van der Waals surface area (Å²) in [5.41, 5.74) is 0. The number of hydrogen-bond donors (Lipinski definition) is 4. The van der Waals surface area contributed by atoms with E-state index in [1.807, 2.05) is 0 Å². The first-order valence-electron chi connectivity index (χ1n) is 4.12. The zero-order chi connectivity index (χ0) is 9.98. The van der Waals surface area contributed by atoms with Gasteiger partial charge >= 0.3 is 0 Å². The fourth-order valence-corrected chi connectivity index (χ4v) is 0.387. The van der Waals surface area contributed by atoms with Crippen LogP contribution >= 0.6 is 0 Å². The molecule has 0 saturated heterocycles. The number of aliphatic hydroxyl groups is 4. The summed E-state index contributed by atoms with van der Waals surface area (Å²) in [6.07, 6.45) is 0.593. The van der Waals surface area contributed by atoms with Crippen LogP contribution < -0.4 is 0 Å². The summed E-state index contributed by atoms with van der Waals surface area (Å²) in [4.78, 5) is 0. The lowest BCUT2D eigenvalue weighted by Gasteiger charge is -1.98. The van der Waals surface area contributed by atoms with E-state index in [1.54, 1.807) is 6.92 Å². The molecule has 0 aromatic heterocycles. The highest BCUT2D eigenvalue weighted by atomic mass is 16.3. The second-order valence-electron chi connectivity index (χ2n) is 2.75. The average Bonchev–Trinajstić information content (AvgIpc) is 2.02. The van der Waals surface area contributed by atoms with Gasteiger partial charge in [-0.1, -0.05) is 0 Å². The van der Waals surface area contributed by atoms with E-state index in [9.17, 15) is 0 Å². The lowest BCUT2D eigenvalue weighted by atomic mass is 10.2. The van der Waals surface area contributed by atoms with Crippen molar-refractivity contribution >= 4 is 0 Å². The molecule has 0 bridgehead atoms. The Bertz CT molecular complexity index is 73.5. The predicted octanol–water partition coefficient (Wildman–Crippen LogP) is -0.501. The molecule has 2 unspecified atom stereocenters. The Morgan fingerprint density at radius 1 is 1.00 bits per heavy atom. The Labute approximate surface area is 73.5 Å². The van der Waals surface area contributed by atoms with E-state index in [4.69, 9.17) is 20.4 Å². The fraction of sp³-hybridized carbons (Fsp3) is 1.00. The van der Waals surface area contributed by atoms with Gasteiger partial charge in [0, 0.05) is 6.61 Å². The molecule has 0 spiro atoms. The van der Waals surface area contributed by atoms with Gasteiger partial charge < -0.3 is 20.4 Å². The Morgan fingerprint density at radius 3 is 1.50 bits per heavy atom. The molecule has 0 radical (unpaired) electrons. The minimum absolute atomic E-state index is 0.139. The summed E-state index contributed by atoms with van der Waals surface area (Å²) in [7, 11) is 0. The number of hydrogen-bond acceptors (Lipinski definition) is 4. The van der Waals surface area contributed by atoms with Crippen molar-refractivity contribution in [3.63, 3.8) is 0 Å². The Hall–Kier alpha value is -0.160. The first-order valence-corrected chi connectivity index (χ1v) is 4.12. The molecular formula is C8H20O4. The molecule has 4 N–H and O–H groups in total. The maximum absolute atomic E-state index is 8.57. The average molecular weight is 180 g/mol. The van der Waals surface area contributed by atoms with Crippen molar-refractivity contribution in [2.45, 2.75) is 38.9 Å². The first-order chi connectivity index (χ1) is 5.54. The molecule has 0 aromatic rings. The monoisotopic (exact) mass is 180 g/mol. The molecular weight excluding hydrogens is 160 g/mol. The van der Waals surface area contributed by atoms with Gasteiger partial charge in [0.15, 0.2) is 0 Å². The van der Waals surface area contributed by atoms with Gasteiger partial charge in [0.05, 0.1) is 18.8 Å². The Morgan fingerprint density at radius 2 is 1.42 bits per heavy atom. The van der Waals surface area contributed by atoms with Crippen LogP contribution in [-0.4, -0.2) is 45.8 Å². The van der Waals surface area contributed by atoms with Gasteiger partial charge in [0.25, 0.3) is 0 Å². The topological polar surface area (TPSA) is 80.9 Å². The maximum atomic E-state index is 8.57. The molecule has 76 valence electrons. The largest absolute Gasteiger partial charge is 0.396 e. The third-order valence-electron chi connectivity index (χ3n) is 1.04.